The third-order valence-corrected chi connectivity index (χ3v) is 11.8. The molecule has 3 heteroatoms. The Morgan fingerprint density at radius 1 is 1.03 bits per heavy atom. The van der Waals surface area contributed by atoms with Crippen molar-refractivity contribution >= 4 is 0 Å². The fraction of sp³-hybridized carbons (Fsp3) is 0.933. The molecule has 33 heavy (non-hydrogen) atoms. The average Bonchev–Trinajstić information content (AvgIpc) is 2.92. The smallest absolute Gasteiger partial charge is 0.0763 e. The minimum absolute atomic E-state index is 0.0270. The van der Waals surface area contributed by atoms with Gasteiger partial charge in [-0.2, -0.15) is 0 Å². The molecule has 0 aromatic rings. The topological polar surface area (TPSA) is 60.7 Å². The molecule has 190 valence electrons. The molecule has 3 fully saturated rings. The molecule has 3 saturated carbocycles. The maximum atomic E-state index is 11.9. The molecule has 0 aliphatic heterocycles. The van der Waals surface area contributed by atoms with Crippen LogP contribution in [0.3, 0.4) is 0 Å². The molecule has 3 N–H and O–H groups in total. The number of rotatable bonds is 5. The molecule has 0 saturated heterocycles. The Hall–Kier alpha value is -0.380. The van der Waals surface area contributed by atoms with Crippen LogP contribution in [0.15, 0.2) is 11.6 Å². The lowest BCUT2D eigenvalue weighted by molar-refractivity contribution is -0.224. The number of fused-ring (bicyclic) bond motifs is 5. The molecule has 0 aromatic heterocycles. The molecular weight excluding hydrogens is 408 g/mol. The van der Waals surface area contributed by atoms with Crippen molar-refractivity contribution in [3.05, 3.63) is 11.6 Å². The summed E-state index contributed by atoms with van der Waals surface area (Å²) in [6.45, 7) is 18.1. The van der Waals surface area contributed by atoms with E-state index in [0.29, 0.717) is 17.8 Å². The van der Waals surface area contributed by atoms with Gasteiger partial charge in [0, 0.05) is 11.3 Å². The van der Waals surface area contributed by atoms with E-state index in [2.05, 4.69) is 47.6 Å². The standard InChI is InChI=1S/C30H52O3/c1-19(11-9-15-27(4,5)33)20-13-16-28(6)25-23(31)17-22-21(12-10-14-26(22,2)3)30(25,8)24(32)18-29(20,28)7/h17,19-21,23-25,31-33H,9-16,18H2,1-8H3/t19-,20-,21?,23?,24?,25+,28+,29-,30-/m1/s1. The van der Waals surface area contributed by atoms with Crippen LogP contribution in [0, 0.1) is 45.3 Å². The second-order valence-corrected chi connectivity index (χ2v) is 14.7. The first-order chi connectivity index (χ1) is 15.1. The van der Waals surface area contributed by atoms with Crippen molar-refractivity contribution in [3.8, 4) is 0 Å². The highest BCUT2D eigenvalue weighted by molar-refractivity contribution is 5.32. The molecule has 4 aliphatic carbocycles. The third kappa shape index (κ3) is 3.78. The number of aliphatic hydroxyl groups is 3. The van der Waals surface area contributed by atoms with E-state index in [1.54, 1.807) is 0 Å². The van der Waals surface area contributed by atoms with Crippen LogP contribution in [-0.2, 0) is 0 Å². The summed E-state index contributed by atoms with van der Waals surface area (Å²) in [6, 6.07) is 0. The van der Waals surface area contributed by atoms with Crippen LogP contribution < -0.4 is 0 Å². The van der Waals surface area contributed by atoms with E-state index >= 15 is 0 Å². The molecule has 3 nitrogen and oxygen atoms in total. The maximum absolute atomic E-state index is 11.9. The van der Waals surface area contributed by atoms with Crippen LogP contribution in [0.5, 0.6) is 0 Å². The molecule has 4 aliphatic rings. The highest BCUT2D eigenvalue weighted by Crippen LogP contribution is 2.74. The summed E-state index contributed by atoms with van der Waals surface area (Å²) in [6.07, 6.45) is 11.1. The van der Waals surface area contributed by atoms with Gasteiger partial charge in [-0.3, -0.25) is 0 Å². The Morgan fingerprint density at radius 3 is 2.33 bits per heavy atom. The van der Waals surface area contributed by atoms with Crippen molar-refractivity contribution in [1.82, 2.24) is 0 Å². The summed E-state index contributed by atoms with van der Waals surface area (Å²) in [7, 11) is 0. The third-order valence-electron chi connectivity index (χ3n) is 11.8. The van der Waals surface area contributed by atoms with Gasteiger partial charge >= 0.3 is 0 Å². The minimum atomic E-state index is -0.597. The van der Waals surface area contributed by atoms with Crippen molar-refractivity contribution in [2.75, 3.05) is 0 Å². The Morgan fingerprint density at radius 2 is 1.70 bits per heavy atom. The number of hydrogen-bond acceptors (Lipinski definition) is 3. The largest absolute Gasteiger partial charge is 0.393 e. The van der Waals surface area contributed by atoms with Gasteiger partial charge in [-0.05, 0) is 86.4 Å². The van der Waals surface area contributed by atoms with Gasteiger partial charge < -0.3 is 15.3 Å². The van der Waals surface area contributed by atoms with Crippen molar-refractivity contribution in [2.24, 2.45) is 45.3 Å². The highest BCUT2D eigenvalue weighted by atomic mass is 16.3. The predicted octanol–water partition coefficient (Wildman–Crippen LogP) is 6.50. The Balaban J connectivity index is 1.67. The normalized spacial score (nSPS) is 47.8. The van der Waals surface area contributed by atoms with Crippen molar-refractivity contribution in [2.45, 2.75) is 131 Å². The van der Waals surface area contributed by atoms with Gasteiger partial charge in [-0.1, -0.05) is 72.5 Å². The van der Waals surface area contributed by atoms with Crippen LogP contribution in [0.2, 0.25) is 0 Å². The van der Waals surface area contributed by atoms with E-state index in [4.69, 9.17) is 0 Å². The fourth-order valence-electron chi connectivity index (χ4n) is 9.85. The molecule has 9 atom stereocenters. The van der Waals surface area contributed by atoms with Gasteiger partial charge in [0.25, 0.3) is 0 Å². The molecule has 0 spiro atoms. The summed E-state index contributed by atoms with van der Waals surface area (Å²) in [4.78, 5) is 0. The number of aliphatic hydroxyl groups excluding tert-OH is 2. The van der Waals surface area contributed by atoms with E-state index in [9.17, 15) is 15.3 Å². The lowest BCUT2D eigenvalue weighted by Gasteiger charge is -2.68. The van der Waals surface area contributed by atoms with Crippen LogP contribution >= 0.6 is 0 Å². The second kappa shape index (κ2) is 8.07. The van der Waals surface area contributed by atoms with Gasteiger partial charge in [0.1, 0.15) is 0 Å². The molecule has 0 radical (unpaired) electrons. The van der Waals surface area contributed by atoms with Crippen LogP contribution in [0.25, 0.3) is 0 Å². The zero-order valence-corrected chi connectivity index (χ0v) is 22.7. The molecule has 0 bridgehead atoms. The zero-order chi connectivity index (χ0) is 24.6. The summed E-state index contributed by atoms with van der Waals surface area (Å²) in [5, 5.41) is 33.8. The van der Waals surface area contributed by atoms with Crippen LogP contribution in [0.4, 0.5) is 0 Å². The Bertz CT molecular complexity index is 778. The summed E-state index contributed by atoms with van der Waals surface area (Å²) in [5.74, 6) is 1.62. The molecule has 4 rings (SSSR count). The molecular formula is C30H52O3. The summed E-state index contributed by atoms with van der Waals surface area (Å²) in [5.41, 5.74) is 0.739. The lowest BCUT2D eigenvalue weighted by atomic mass is 9.38. The second-order valence-electron chi connectivity index (χ2n) is 14.7. The summed E-state index contributed by atoms with van der Waals surface area (Å²) < 4.78 is 0. The van der Waals surface area contributed by atoms with E-state index in [-0.39, 0.29) is 33.7 Å². The van der Waals surface area contributed by atoms with Gasteiger partial charge in [-0.25, -0.2) is 0 Å². The molecule has 0 amide bonds. The van der Waals surface area contributed by atoms with Crippen molar-refractivity contribution in [1.29, 1.82) is 0 Å². The maximum Gasteiger partial charge on any atom is 0.0763 e. The van der Waals surface area contributed by atoms with Gasteiger partial charge in [0.2, 0.25) is 0 Å². The minimum Gasteiger partial charge on any atom is -0.393 e. The molecule has 0 aromatic carbocycles. The van der Waals surface area contributed by atoms with Gasteiger partial charge in [-0.15, -0.1) is 0 Å². The van der Waals surface area contributed by atoms with Crippen molar-refractivity contribution in [3.63, 3.8) is 0 Å². The fourth-order valence-corrected chi connectivity index (χ4v) is 9.85. The Labute approximate surface area is 203 Å². The highest BCUT2D eigenvalue weighted by Gasteiger charge is 2.71. The zero-order valence-electron chi connectivity index (χ0n) is 22.7. The van der Waals surface area contributed by atoms with E-state index in [1.807, 2.05) is 13.8 Å². The summed E-state index contributed by atoms with van der Waals surface area (Å²) >= 11 is 0. The van der Waals surface area contributed by atoms with E-state index in [1.165, 1.54) is 24.8 Å². The van der Waals surface area contributed by atoms with E-state index < -0.39 is 11.7 Å². The first-order valence-corrected chi connectivity index (χ1v) is 13.9. The molecule has 3 unspecified atom stereocenters. The average molecular weight is 461 g/mol. The van der Waals surface area contributed by atoms with Crippen molar-refractivity contribution < 1.29 is 15.3 Å². The van der Waals surface area contributed by atoms with Gasteiger partial charge in [0.15, 0.2) is 0 Å². The Kier molecular flexibility index (Phi) is 6.28. The van der Waals surface area contributed by atoms with E-state index in [0.717, 1.165) is 38.5 Å². The first-order valence-electron chi connectivity index (χ1n) is 13.9. The SMILES string of the molecule is C[C@H](CCCC(C)(C)O)[C@H]1CC[C@@]2(C)[C@@H]3C(O)C=C4C(CCCC4(C)C)[C@]3(C)C(O)C[C@]12C. The lowest BCUT2D eigenvalue weighted by Crippen LogP contribution is -2.67. The molecule has 0 heterocycles. The predicted molar refractivity (Wildman–Crippen MR) is 136 cm³/mol. The quantitative estimate of drug-likeness (QED) is 0.410. The monoisotopic (exact) mass is 460 g/mol. The van der Waals surface area contributed by atoms with Crippen LogP contribution in [0.1, 0.15) is 113 Å². The van der Waals surface area contributed by atoms with Crippen LogP contribution in [-0.4, -0.2) is 33.1 Å². The number of allylic oxidation sites excluding steroid dienone is 1. The van der Waals surface area contributed by atoms with Gasteiger partial charge in [0.05, 0.1) is 17.8 Å². The number of hydrogen-bond donors (Lipinski definition) is 3. The first kappa shape index (κ1) is 25.7.